The molecule has 0 spiro atoms. The molecular formula is C19H27N9O6. The Morgan fingerprint density at radius 3 is 2.24 bits per heavy atom. The minimum atomic E-state index is -1.15. The molecule has 15 heteroatoms. The Morgan fingerprint density at radius 1 is 1.00 bits per heavy atom. The maximum absolute atomic E-state index is 11.7. The number of carbonyl (C=O) groups is 1. The Labute approximate surface area is 192 Å². The average Bonchev–Trinajstić information content (AvgIpc) is 2.77. The Bertz CT molecular complexity index is 1220. The van der Waals surface area contributed by atoms with Gasteiger partial charge in [-0.3, -0.25) is 24.4 Å². The number of hydrogen-bond acceptors (Lipinski definition) is 13. The van der Waals surface area contributed by atoms with Gasteiger partial charge in [-0.25, -0.2) is 4.99 Å². The summed E-state index contributed by atoms with van der Waals surface area (Å²) in [6.45, 7) is 3.42. The minimum absolute atomic E-state index is 0.00514. The van der Waals surface area contributed by atoms with Gasteiger partial charge in [-0.05, 0) is 20.3 Å². The van der Waals surface area contributed by atoms with Crippen LogP contribution in [-0.2, 0) is 11.2 Å². The molecule has 15 nitrogen and oxygen atoms in total. The fraction of sp³-hybridized carbons (Fsp3) is 0.474. The van der Waals surface area contributed by atoms with Gasteiger partial charge in [0.05, 0.1) is 24.3 Å². The van der Waals surface area contributed by atoms with Gasteiger partial charge in [0.25, 0.3) is 11.1 Å². The molecule has 1 unspecified atom stereocenters. The normalized spacial score (nSPS) is 19.0. The van der Waals surface area contributed by atoms with E-state index in [0.717, 1.165) is 0 Å². The zero-order valence-corrected chi connectivity index (χ0v) is 18.5. The van der Waals surface area contributed by atoms with E-state index < -0.39 is 29.7 Å². The lowest BCUT2D eigenvalue weighted by molar-refractivity contribution is -0.119. The van der Waals surface area contributed by atoms with E-state index in [1.807, 2.05) is 0 Å². The van der Waals surface area contributed by atoms with Gasteiger partial charge in [0, 0.05) is 12.5 Å². The molecule has 11 N–H and O–H groups in total. The number of aromatic nitrogens is 4. The van der Waals surface area contributed by atoms with Crippen LogP contribution in [0.2, 0.25) is 0 Å². The standard InChI is InChI=1S/C10H16N4O3.C9H11N5O3/c1-4(15)7(16)5-2-6-8(12-3-5)13-10(11)14-9(6)17;1-3(15)6(16)4-2-11-7-5(12-4)8(17)14-9(10)13-7/h4-5,7,15-16H,2-3H2,1H3,(H4,11,12,13,14,17);3,15H,2H2,1H3,(H4,10,11,13,14,17)/t4-,5?,7-;3-/m00/s1. The number of anilines is 4. The number of aliphatic imine (C=N–C) groups is 1. The smallest absolute Gasteiger partial charge is 0.280 e. The number of carbonyl (C=O) groups excluding carboxylic acids is 1. The molecule has 2 aromatic rings. The SMILES string of the molecule is C[C@H](O)C(=O)C1=Nc2c(nc(N)[nH]c2=O)NC1.C[C@H](O)[C@H](O)C1CNc2nc(N)[nH]c(=O)c2C1. The lowest BCUT2D eigenvalue weighted by Crippen LogP contribution is -2.41. The van der Waals surface area contributed by atoms with Crippen molar-refractivity contribution in [1.29, 1.82) is 0 Å². The maximum Gasteiger partial charge on any atom is 0.280 e. The highest BCUT2D eigenvalue weighted by molar-refractivity contribution is 6.43. The first-order valence-electron chi connectivity index (χ1n) is 10.4. The highest BCUT2D eigenvalue weighted by atomic mass is 16.3. The first-order chi connectivity index (χ1) is 16.0. The van der Waals surface area contributed by atoms with Crippen LogP contribution in [0.3, 0.4) is 0 Å². The molecule has 2 aliphatic heterocycles. The van der Waals surface area contributed by atoms with E-state index >= 15 is 0 Å². The van der Waals surface area contributed by atoms with Crippen molar-refractivity contribution < 1.29 is 20.1 Å². The number of ketones is 1. The van der Waals surface area contributed by atoms with Crippen LogP contribution in [0, 0.1) is 5.92 Å². The average molecular weight is 477 g/mol. The molecule has 2 aromatic heterocycles. The van der Waals surface area contributed by atoms with Crippen LogP contribution >= 0.6 is 0 Å². The molecule has 2 aliphatic rings. The highest BCUT2D eigenvalue weighted by Gasteiger charge is 2.30. The topological polar surface area (TPSA) is 258 Å². The Hall–Kier alpha value is -3.82. The predicted octanol–water partition coefficient (Wildman–Crippen LogP) is -2.52. The summed E-state index contributed by atoms with van der Waals surface area (Å²) in [7, 11) is 0. The number of aromatic amines is 2. The summed E-state index contributed by atoms with van der Waals surface area (Å²) < 4.78 is 0. The Morgan fingerprint density at radius 2 is 1.62 bits per heavy atom. The van der Waals surface area contributed by atoms with Crippen molar-refractivity contribution in [2.45, 2.75) is 38.6 Å². The summed E-state index contributed by atoms with van der Waals surface area (Å²) in [5.41, 5.74) is 10.5. The van der Waals surface area contributed by atoms with Gasteiger partial charge in [0.2, 0.25) is 17.7 Å². The quantitative estimate of drug-likeness (QED) is 0.221. The van der Waals surface area contributed by atoms with E-state index in [4.69, 9.17) is 16.6 Å². The van der Waals surface area contributed by atoms with Crippen LogP contribution < -0.4 is 33.2 Å². The van der Waals surface area contributed by atoms with Crippen molar-refractivity contribution in [2.75, 3.05) is 35.2 Å². The zero-order valence-electron chi connectivity index (χ0n) is 18.5. The van der Waals surface area contributed by atoms with E-state index in [0.29, 0.717) is 24.3 Å². The first-order valence-corrected chi connectivity index (χ1v) is 10.4. The molecule has 4 atom stereocenters. The number of nitrogen functional groups attached to an aromatic ring is 2. The summed E-state index contributed by atoms with van der Waals surface area (Å²) in [5.74, 6) is -0.0142. The lowest BCUT2D eigenvalue weighted by atomic mass is 9.89. The molecule has 0 fully saturated rings. The van der Waals surface area contributed by atoms with Crippen LogP contribution in [-0.4, -0.2) is 78.2 Å². The Balaban J connectivity index is 0.000000191. The second-order valence-corrected chi connectivity index (χ2v) is 7.96. The van der Waals surface area contributed by atoms with Crippen LogP contribution in [0.15, 0.2) is 14.6 Å². The van der Waals surface area contributed by atoms with Crippen molar-refractivity contribution in [3.05, 3.63) is 26.3 Å². The molecule has 184 valence electrons. The number of nitrogens with zero attached hydrogens (tertiary/aromatic N) is 3. The zero-order chi connectivity index (χ0) is 25.2. The van der Waals surface area contributed by atoms with Gasteiger partial charge in [-0.15, -0.1) is 0 Å². The van der Waals surface area contributed by atoms with Crippen molar-refractivity contribution in [3.8, 4) is 0 Å². The third kappa shape index (κ3) is 5.38. The Kier molecular flexibility index (Phi) is 7.29. The third-order valence-corrected chi connectivity index (χ3v) is 5.26. The van der Waals surface area contributed by atoms with E-state index in [-0.39, 0.29) is 47.1 Å². The molecule has 4 heterocycles. The third-order valence-electron chi connectivity index (χ3n) is 5.26. The van der Waals surface area contributed by atoms with Crippen LogP contribution in [0.25, 0.3) is 0 Å². The predicted molar refractivity (Wildman–Crippen MR) is 124 cm³/mol. The van der Waals surface area contributed by atoms with Gasteiger partial charge in [0.15, 0.2) is 11.5 Å². The van der Waals surface area contributed by atoms with Crippen LogP contribution in [0.5, 0.6) is 0 Å². The summed E-state index contributed by atoms with van der Waals surface area (Å²) in [6.07, 6.45) is -2.48. The van der Waals surface area contributed by atoms with E-state index in [1.54, 1.807) is 0 Å². The number of nitrogens with two attached hydrogens (primary N) is 2. The lowest BCUT2D eigenvalue weighted by Gasteiger charge is -2.29. The largest absolute Gasteiger partial charge is 0.391 e. The minimum Gasteiger partial charge on any atom is -0.391 e. The van der Waals surface area contributed by atoms with E-state index in [9.17, 15) is 24.6 Å². The number of H-pyrrole nitrogens is 2. The summed E-state index contributed by atoms with van der Waals surface area (Å²) in [4.78, 5) is 51.1. The van der Waals surface area contributed by atoms with Crippen molar-refractivity contribution >= 4 is 40.7 Å². The molecule has 4 rings (SSSR count). The second-order valence-electron chi connectivity index (χ2n) is 7.96. The second kappa shape index (κ2) is 9.98. The van der Waals surface area contributed by atoms with E-state index in [1.165, 1.54) is 13.8 Å². The summed E-state index contributed by atoms with van der Waals surface area (Å²) >= 11 is 0. The number of aliphatic hydroxyl groups excluding tert-OH is 3. The van der Waals surface area contributed by atoms with Crippen molar-refractivity contribution in [2.24, 2.45) is 10.9 Å². The molecule has 0 aromatic carbocycles. The molecule has 0 saturated heterocycles. The maximum atomic E-state index is 11.7. The number of aliphatic hydroxyl groups is 3. The number of rotatable bonds is 4. The number of Topliss-reactive ketones (excluding diaryl/α,β-unsaturated/α-hetero) is 1. The van der Waals surface area contributed by atoms with E-state index in [2.05, 4.69) is 35.6 Å². The molecule has 0 aliphatic carbocycles. The van der Waals surface area contributed by atoms with Gasteiger partial charge >= 0.3 is 0 Å². The molecule has 0 radical (unpaired) electrons. The fourth-order valence-corrected chi connectivity index (χ4v) is 3.48. The molecule has 0 bridgehead atoms. The summed E-state index contributed by atoms with van der Waals surface area (Å²) in [5, 5.41) is 34.0. The van der Waals surface area contributed by atoms with Crippen molar-refractivity contribution in [3.63, 3.8) is 0 Å². The number of nitrogens with one attached hydrogen (secondary N) is 4. The van der Waals surface area contributed by atoms with Gasteiger partial charge < -0.3 is 37.4 Å². The monoisotopic (exact) mass is 477 g/mol. The van der Waals surface area contributed by atoms with Gasteiger partial charge in [-0.2, -0.15) is 9.97 Å². The van der Waals surface area contributed by atoms with Crippen LogP contribution in [0.1, 0.15) is 19.4 Å². The van der Waals surface area contributed by atoms with Gasteiger partial charge in [0.1, 0.15) is 17.6 Å². The highest BCUT2D eigenvalue weighted by Crippen LogP contribution is 2.23. The molecule has 0 saturated carbocycles. The van der Waals surface area contributed by atoms with Gasteiger partial charge in [-0.1, -0.05) is 0 Å². The fourth-order valence-electron chi connectivity index (χ4n) is 3.48. The van der Waals surface area contributed by atoms with Crippen LogP contribution in [0.4, 0.5) is 29.2 Å². The number of hydrogen-bond donors (Lipinski definition) is 9. The molecule has 34 heavy (non-hydrogen) atoms. The molecular weight excluding hydrogens is 450 g/mol. The van der Waals surface area contributed by atoms with Crippen molar-refractivity contribution in [1.82, 2.24) is 19.9 Å². The summed E-state index contributed by atoms with van der Waals surface area (Å²) in [6, 6.07) is 0. The molecule has 0 amide bonds. The first kappa shape index (κ1) is 24.8. The number of fused-ring (bicyclic) bond motifs is 2.